The second kappa shape index (κ2) is 5.25. The highest BCUT2D eigenvalue weighted by Crippen LogP contribution is 2.27. The maximum atomic E-state index is 13.2. The van der Waals surface area contributed by atoms with Crippen LogP contribution in [-0.4, -0.2) is 20.2 Å². The van der Waals surface area contributed by atoms with Crippen LogP contribution in [0.5, 0.6) is 0 Å². The van der Waals surface area contributed by atoms with Gasteiger partial charge in [0.1, 0.15) is 5.82 Å². The van der Waals surface area contributed by atoms with Crippen molar-refractivity contribution in [2.75, 3.05) is 5.73 Å². The average molecular weight is 348 g/mol. The van der Waals surface area contributed by atoms with Crippen LogP contribution < -0.4 is 5.73 Å². The van der Waals surface area contributed by atoms with Gasteiger partial charge in [-0.05, 0) is 75.2 Å². The molecule has 0 atom stereocenters. The molecule has 0 unspecified atom stereocenters. The zero-order chi connectivity index (χ0) is 15.0. The lowest BCUT2D eigenvalue weighted by atomic mass is 10.1. The first-order valence-corrected chi connectivity index (χ1v) is 6.95. The highest BCUT2D eigenvalue weighted by atomic mass is 79.9. The summed E-state index contributed by atoms with van der Waals surface area (Å²) in [5.74, 6) is 0.206. The fourth-order valence-electron chi connectivity index (χ4n) is 2.12. The smallest absolute Gasteiger partial charge is 0.187 e. The second-order valence-corrected chi connectivity index (χ2v) is 5.50. The Kier molecular flexibility index (Phi) is 3.42. The third-order valence-electron chi connectivity index (χ3n) is 2.97. The third-order valence-corrected chi connectivity index (χ3v) is 3.60. The summed E-state index contributed by atoms with van der Waals surface area (Å²) in [6.45, 7) is 1.95. The van der Waals surface area contributed by atoms with Gasteiger partial charge in [0.05, 0.1) is 5.69 Å². The number of aromatic nitrogens is 4. The van der Waals surface area contributed by atoms with Gasteiger partial charge in [-0.2, -0.15) is 4.68 Å². The number of halogens is 2. The van der Waals surface area contributed by atoms with Gasteiger partial charge in [-0.15, -0.1) is 5.10 Å². The zero-order valence-electron chi connectivity index (χ0n) is 11.1. The molecule has 5 nitrogen and oxygen atoms in total. The standard InChI is InChI=1S/C14H11BrFN5/c1-8-4-9(6-11(17)5-8)14-18-19-20-21(14)13-3-2-10(16)7-12(13)15/h2-7H,17H2,1H3. The van der Waals surface area contributed by atoms with E-state index in [1.54, 1.807) is 12.1 Å². The molecular formula is C14H11BrFN5. The van der Waals surface area contributed by atoms with Crippen LogP contribution in [0.4, 0.5) is 10.1 Å². The lowest BCUT2D eigenvalue weighted by Gasteiger charge is -2.08. The molecule has 1 heterocycles. The van der Waals surface area contributed by atoms with Crippen molar-refractivity contribution in [3.63, 3.8) is 0 Å². The number of nitrogens with zero attached hydrogens (tertiary/aromatic N) is 4. The van der Waals surface area contributed by atoms with E-state index in [0.717, 1.165) is 11.1 Å². The quantitative estimate of drug-likeness (QED) is 0.723. The van der Waals surface area contributed by atoms with Gasteiger partial charge in [-0.3, -0.25) is 0 Å². The van der Waals surface area contributed by atoms with Gasteiger partial charge in [0.25, 0.3) is 0 Å². The Morgan fingerprint density at radius 1 is 1.19 bits per heavy atom. The van der Waals surface area contributed by atoms with E-state index < -0.39 is 0 Å². The molecule has 0 saturated carbocycles. The van der Waals surface area contributed by atoms with Crippen LogP contribution in [0.3, 0.4) is 0 Å². The molecule has 0 spiro atoms. The number of nitrogen functional groups attached to an aromatic ring is 1. The highest BCUT2D eigenvalue weighted by Gasteiger charge is 2.14. The number of benzene rings is 2. The summed E-state index contributed by atoms with van der Waals surface area (Å²) < 4.78 is 15.3. The minimum absolute atomic E-state index is 0.333. The van der Waals surface area contributed by atoms with Crippen LogP contribution in [0.15, 0.2) is 40.9 Å². The van der Waals surface area contributed by atoms with E-state index in [0.29, 0.717) is 21.7 Å². The Balaban J connectivity index is 2.17. The van der Waals surface area contributed by atoms with Crippen LogP contribution in [-0.2, 0) is 0 Å². The molecular weight excluding hydrogens is 337 g/mol. The fourth-order valence-corrected chi connectivity index (χ4v) is 2.64. The summed E-state index contributed by atoms with van der Waals surface area (Å²) in [5, 5.41) is 11.7. The number of rotatable bonds is 2. The van der Waals surface area contributed by atoms with Crippen LogP contribution in [0, 0.1) is 12.7 Å². The molecule has 21 heavy (non-hydrogen) atoms. The van der Waals surface area contributed by atoms with E-state index in [1.807, 2.05) is 19.1 Å². The molecule has 2 N–H and O–H groups in total. The summed E-state index contributed by atoms with van der Waals surface area (Å²) in [6, 6.07) is 9.94. The summed E-state index contributed by atoms with van der Waals surface area (Å²) in [6.07, 6.45) is 0. The van der Waals surface area contributed by atoms with Crippen molar-refractivity contribution in [1.82, 2.24) is 20.2 Å². The Labute approximate surface area is 128 Å². The maximum absolute atomic E-state index is 13.2. The van der Waals surface area contributed by atoms with Crippen molar-refractivity contribution >= 4 is 21.6 Å². The largest absolute Gasteiger partial charge is 0.399 e. The van der Waals surface area contributed by atoms with Crippen molar-refractivity contribution in [3.8, 4) is 17.1 Å². The number of nitrogens with two attached hydrogens (primary N) is 1. The molecule has 0 radical (unpaired) electrons. The summed E-state index contributed by atoms with van der Waals surface area (Å²) in [5.41, 5.74) is 8.97. The number of hydrogen-bond donors (Lipinski definition) is 1. The molecule has 1 aromatic heterocycles. The van der Waals surface area contributed by atoms with E-state index in [2.05, 4.69) is 31.5 Å². The first kappa shape index (κ1) is 13.7. The minimum atomic E-state index is -0.333. The van der Waals surface area contributed by atoms with Crippen molar-refractivity contribution in [2.45, 2.75) is 6.92 Å². The van der Waals surface area contributed by atoms with Crippen LogP contribution >= 0.6 is 15.9 Å². The third kappa shape index (κ3) is 2.64. The number of aryl methyl sites for hydroxylation is 1. The summed E-state index contributed by atoms with van der Waals surface area (Å²) in [7, 11) is 0. The monoisotopic (exact) mass is 347 g/mol. The molecule has 3 rings (SSSR count). The van der Waals surface area contributed by atoms with Crippen molar-refractivity contribution in [3.05, 3.63) is 52.3 Å². The first-order chi connectivity index (χ1) is 10.0. The number of hydrogen-bond acceptors (Lipinski definition) is 4. The molecule has 0 saturated heterocycles. The molecule has 0 bridgehead atoms. The zero-order valence-corrected chi connectivity index (χ0v) is 12.7. The average Bonchev–Trinajstić information content (AvgIpc) is 2.86. The molecule has 0 aliphatic heterocycles. The number of anilines is 1. The van der Waals surface area contributed by atoms with Crippen LogP contribution in [0.2, 0.25) is 0 Å². The van der Waals surface area contributed by atoms with E-state index in [9.17, 15) is 4.39 Å². The SMILES string of the molecule is Cc1cc(N)cc(-c2nnnn2-c2ccc(F)cc2Br)c1. The molecule has 7 heteroatoms. The van der Waals surface area contributed by atoms with Crippen molar-refractivity contribution < 1.29 is 4.39 Å². The second-order valence-electron chi connectivity index (χ2n) is 4.64. The summed E-state index contributed by atoms with van der Waals surface area (Å²) in [4.78, 5) is 0. The molecule has 0 aliphatic carbocycles. The Morgan fingerprint density at radius 2 is 2.00 bits per heavy atom. The predicted octanol–water partition coefficient (Wildman–Crippen LogP) is 3.12. The normalized spacial score (nSPS) is 10.8. The Bertz CT molecular complexity index is 795. The number of tetrazole rings is 1. The minimum Gasteiger partial charge on any atom is -0.399 e. The van der Waals surface area contributed by atoms with Gasteiger partial charge in [0, 0.05) is 15.7 Å². The van der Waals surface area contributed by atoms with Gasteiger partial charge in [-0.1, -0.05) is 0 Å². The predicted molar refractivity (Wildman–Crippen MR) is 81.4 cm³/mol. The van der Waals surface area contributed by atoms with Crippen LogP contribution in [0.25, 0.3) is 17.1 Å². The van der Waals surface area contributed by atoms with E-state index in [-0.39, 0.29) is 5.82 Å². The van der Waals surface area contributed by atoms with Gasteiger partial charge in [0.2, 0.25) is 0 Å². The maximum Gasteiger partial charge on any atom is 0.187 e. The van der Waals surface area contributed by atoms with Crippen molar-refractivity contribution in [1.29, 1.82) is 0 Å². The molecule has 106 valence electrons. The molecule has 0 aliphatic rings. The van der Waals surface area contributed by atoms with Gasteiger partial charge < -0.3 is 5.73 Å². The Hall–Kier alpha value is -2.28. The topological polar surface area (TPSA) is 69.6 Å². The first-order valence-electron chi connectivity index (χ1n) is 6.16. The highest BCUT2D eigenvalue weighted by molar-refractivity contribution is 9.10. The summed E-state index contributed by atoms with van der Waals surface area (Å²) >= 11 is 3.32. The fraction of sp³-hybridized carbons (Fsp3) is 0.0714. The van der Waals surface area contributed by atoms with Gasteiger partial charge in [0.15, 0.2) is 5.82 Å². The molecule has 3 aromatic rings. The van der Waals surface area contributed by atoms with E-state index in [1.165, 1.54) is 16.8 Å². The molecule has 0 amide bonds. The lowest BCUT2D eigenvalue weighted by Crippen LogP contribution is -2.02. The lowest BCUT2D eigenvalue weighted by molar-refractivity contribution is 0.625. The van der Waals surface area contributed by atoms with Gasteiger partial charge >= 0.3 is 0 Å². The Morgan fingerprint density at radius 3 is 2.71 bits per heavy atom. The van der Waals surface area contributed by atoms with Crippen LogP contribution in [0.1, 0.15) is 5.56 Å². The van der Waals surface area contributed by atoms with E-state index >= 15 is 0 Å². The van der Waals surface area contributed by atoms with Crippen molar-refractivity contribution in [2.24, 2.45) is 0 Å². The molecule has 0 fully saturated rings. The molecule has 2 aromatic carbocycles. The van der Waals surface area contributed by atoms with Gasteiger partial charge in [-0.25, -0.2) is 4.39 Å². The van der Waals surface area contributed by atoms with E-state index in [4.69, 9.17) is 5.73 Å².